The summed E-state index contributed by atoms with van der Waals surface area (Å²) >= 11 is 9.36. The van der Waals surface area contributed by atoms with E-state index in [1.807, 2.05) is 24.3 Å². The van der Waals surface area contributed by atoms with Gasteiger partial charge in [0, 0.05) is 10.2 Å². The van der Waals surface area contributed by atoms with Crippen LogP contribution in [0, 0.1) is 0 Å². The monoisotopic (exact) mass is 341 g/mol. The van der Waals surface area contributed by atoms with Gasteiger partial charge in [0.15, 0.2) is 0 Å². The van der Waals surface area contributed by atoms with E-state index >= 15 is 0 Å². The van der Waals surface area contributed by atoms with Crippen molar-refractivity contribution in [3.8, 4) is 11.5 Å². The maximum absolute atomic E-state index is 5.99. The van der Waals surface area contributed by atoms with Gasteiger partial charge in [-0.3, -0.25) is 0 Å². The van der Waals surface area contributed by atoms with Crippen LogP contribution in [0.2, 0.25) is 5.02 Å². The van der Waals surface area contributed by atoms with Crippen LogP contribution in [0.1, 0.15) is 0 Å². The molecule has 0 aromatic heterocycles. The molecule has 0 aliphatic rings. The smallest absolute Gasteiger partial charge is 0.138 e. The third-order valence-electron chi connectivity index (χ3n) is 2.38. The minimum Gasteiger partial charge on any atom is -0.490 e. The lowest BCUT2D eigenvalue weighted by molar-refractivity contribution is 0.217. The van der Waals surface area contributed by atoms with Gasteiger partial charge >= 0.3 is 0 Å². The third-order valence-corrected chi connectivity index (χ3v) is 3.20. The van der Waals surface area contributed by atoms with Crippen molar-refractivity contribution in [2.75, 3.05) is 18.9 Å². The van der Waals surface area contributed by atoms with E-state index in [0.717, 1.165) is 10.2 Å². The molecule has 2 aromatic rings. The first-order valence-electron chi connectivity index (χ1n) is 5.71. The molecule has 0 atom stereocenters. The van der Waals surface area contributed by atoms with Crippen molar-refractivity contribution < 1.29 is 9.47 Å². The molecule has 19 heavy (non-hydrogen) atoms. The normalized spacial score (nSPS) is 10.2. The van der Waals surface area contributed by atoms with Gasteiger partial charge in [0.2, 0.25) is 0 Å². The number of nitrogen functional groups attached to an aromatic ring is 1. The molecule has 0 bridgehead atoms. The first kappa shape index (κ1) is 14.0. The number of nitrogens with two attached hydrogens (primary N) is 1. The van der Waals surface area contributed by atoms with E-state index in [2.05, 4.69) is 15.9 Å². The number of hydrogen-bond donors (Lipinski definition) is 1. The minimum absolute atomic E-state index is 0.416. The van der Waals surface area contributed by atoms with Crippen molar-refractivity contribution in [2.24, 2.45) is 0 Å². The first-order valence-corrected chi connectivity index (χ1v) is 6.88. The molecule has 100 valence electrons. The van der Waals surface area contributed by atoms with Crippen molar-refractivity contribution in [1.29, 1.82) is 0 Å². The van der Waals surface area contributed by atoms with Crippen LogP contribution >= 0.6 is 27.5 Å². The Balaban J connectivity index is 1.79. The van der Waals surface area contributed by atoms with Gasteiger partial charge in [0.25, 0.3) is 0 Å². The van der Waals surface area contributed by atoms with Gasteiger partial charge in [-0.15, -0.1) is 0 Å². The lowest BCUT2D eigenvalue weighted by atomic mass is 10.3. The molecule has 0 fully saturated rings. The first-order chi connectivity index (χ1) is 9.15. The molecule has 0 aliphatic heterocycles. The summed E-state index contributed by atoms with van der Waals surface area (Å²) in [6.07, 6.45) is 0. The van der Waals surface area contributed by atoms with E-state index in [1.54, 1.807) is 18.2 Å². The zero-order chi connectivity index (χ0) is 13.7. The molecule has 0 aliphatic carbocycles. The van der Waals surface area contributed by atoms with Crippen molar-refractivity contribution in [2.45, 2.75) is 0 Å². The van der Waals surface area contributed by atoms with E-state index < -0.39 is 0 Å². The van der Waals surface area contributed by atoms with Crippen LogP contribution in [0.4, 0.5) is 5.69 Å². The Hall–Kier alpha value is -1.39. The summed E-state index contributed by atoms with van der Waals surface area (Å²) in [6.45, 7) is 0.863. The highest BCUT2D eigenvalue weighted by Gasteiger charge is 2.01. The molecule has 0 heterocycles. The van der Waals surface area contributed by atoms with E-state index in [-0.39, 0.29) is 0 Å². The topological polar surface area (TPSA) is 44.5 Å². The molecule has 2 rings (SSSR count). The summed E-state index contributed by atoms with van der Waals surface area (Å²) in [5, 5.41) is 0.503. The number of hydrogen-bond acceptors (Lipinski definition) is 3. The Morgan fingerprint density at radius 3 is 2.37 bits per heavy atom. The zero-order valence-electron chi connectivity index (χ0n) is 10.1. The maximum atomic E-state index is 5.99. The van der Waals surface area contributed by atoms with Gasteiger partial charge in [-0.25, -0.2) is 0 Å². The van der Waals surface area contributed by atoms with Gasteiger partial charge in [-0.05, 0) is 42.5 Å². The molecule has 0 unspecified atom stereocenters. The SMILES string of the molecule is Nc1ccc(OCCOc2ccc(Br)cc2)c(Cl)c1. The molecular weight excluding hydrogens is 330 g/mol. The van der Waals surface area contributed by atoms with Crippen LogP contribution in [-0.4, -0.2) is 13.2 Å². The Bertz CT molecular complexity index is 546. The summed E-state index contributed by atoms with van der Waals surface area (Å²) in [6, 6.07) is 12.8. The van der Waals surface area contributed by atoms with Gasteiger partial charge in [-0.2, -0.15) is 0 Å². The molecule has 5 heteroatoms. The van der Waals surface area contributed by atoms with Crippen LogP contribution in [0.15, 0.2) is 46.9 Å². The van der Waals surface area contributed by atoms with Gasteiger partial charge in [-0.1, -0.05) is 27.5 Å². The number of ether oxygens (including phenoxy) is 2. The standard InChI is InChI=1S/C14H13BrClNO2/c15-10-1-4-12(5-2-10)18-7-8-19-14-6-3-11(17)9-13(14)16/h1-6,9H,7-8,17H2. The second-order valence-electron chi connectivity index (χ2n) is 3.84. The molecule has 0 spiro atoms. The Morgan fingerprint density at radius 1 is 1.00 bits per heavy atom. The Kier molecular flexibility index (Phi) is 4.93. The lowest BCUT2D eigenvalue weighted by Gasteiger charge is -2.10. The van der Waals surface area contributed by atoms with Crippen LogP contribution in [0.3, 0.4) is 0 Å². The largest absolute Gasteiger partial charge is 0.490 e. The second kappa shape index (κ2) is 6.68. The molecule has 2 N–H and O–H groups in total. The van der Waals surface area contributed by atoms with Crippen molar-refractivity contribution in [3.05, 3.63) is 52.0 Å². The fraction of sp³-hybridized carbons (Fsp3) is 0.143. The van der Waals surface area contributed by atoms with Crippen molar-refractivity contribution in [3.63, 3.8) is 0 Å². The van der Waals surface area contributed by atoms with Crippen LogP contribution in [0.25, 0.3) is 0 Å². The van der Waals surface area contributed by atoms with E-state index in [1.165, 1.54) is 0 Å². The molecule has 0 amide bonds. The summed E-state index contributed by atoms with van der Waals surface area (Å²) in [5.41, 5.74) is 6.22. The highest BCUT2D eigenvalue weighted by atomic mass is 79.9. The van der Waals surface area contributed by atoms with Crippen molar-refractivity contribution in [1.82, 2.24) is 0 Å². The number of anilines is 1. The van der Waals surface area contributed by atoms with E-state index in [4.69, 9.17) is 26.8 Å². The van der Waals surface area contributed by atoms with E-state index in [9.17, 15) is 0 Å². The van der Waals surface area contributed by atoms with Crippen LogP contribution < -0.4 is 15.2 Å². The molecule has 0 radical (unpaired) electrons. The third kappa shape index (κ3) is 4.33. The summed E-state index contributed by atoms with van der Waals surface area (Å²) in [4.78, 5) is 0. The number of benzene rings is 2. The predicted molar refractivity (Wildman–Crippen MR) is 81.0 cm³/mol. The molecule has 0 saturated heterocycles. The quantitative estimate of drug-likeness (QED) is 0.656. The average molecular weight is 343 g/mol. The summed E-state index contributed by atoms with van der Waals surface area (Å²) < 4.78 is 12.1. The lowest BCUT2D eigenvalue weighted by Crippen LogP contribution is -2.09. The highest BCUT2D eigenvalue weighted by Crippen LogP contribution is 2.26. The fourth-order valence-electron chi connectivity index (χ4n) is 1.48. The van der Waals surface area contributed by atoms with Gasteiger partial charge in [0.05, 0.1) is 5.02 Å². The van der Waals surface area contributed by atoms with Gasteiger partial charge in [0.1, 0.15) is 24.7 Å². The maximum Gasteiger partial charge on any atom is 0.138 e. The van der Waals surface area contributed by atoms with Gasteiger partial charge < -0.3 is 15.2 Å². The Morgan fingerprint density at radius 2 is 1.68 bits per heavy atom. The van der Waals surface area contributed by atoms with E-state index in [0.29, 0.717) is 29.7 Å². The molecular formula is C14H13BrClNO2. The number of rotatable bonds is 5. The zero-order valence-corrected chi connectivity index (χ0v) is 12.4. The average Bonchev–Trinajstić information content (AvgIpc) is 2.39. The summed E-state index contributed by atoms with van der Waals surface area (Å²) in [5.74, 6) is 1.41. The second-order valence-corrected chi connectivity index (χ2v) is 5.16. The minimum atomic E-state index is 0.416. The highest BCUT2D eigenvalue weighted by molar-refractivity contribution is 9.10. The molecule has 2 aromatic carbocycles. The predicted octanol–water partition coefficient (Wildman–Crippen LogP) is 4.14. The summed E-state index contributed by atoms with van der Waals surface area (Å²) in [7, 11) is 0. The Labute approximate surface area is 125 Å². The fourth-order valence-corrected chi connectivity index (χ4v) is 1.98. The van der Waals surface area contributed by atoms with Crippen LogP contribution in [0.5, 0.6) is 11.5 Å². The molecule has 0 saturated carbocycles. The van der Waals surface area contributed by atoms with Crippen LogP contribution in [-0.2, 0) is 0 Å². The molecule has 3 nitrogen and oxygen atoms in total. The van der Waals surface area contributed by atoms with Crippen molar-refractivity contribution >= 4 is 33.2 Å². The number of halogens is 2.